The van der Waals surface area contributed by atoms with E-state index in [1.165, 1.54) is 0 Å². The molecule has 0 aromatic rings. The molecule has 156 valence electrons. The van der Waals surface area contributed by atoms with Gasteiger partial charge in [0, 0.05) is 13.0 Å². The van der Waals surface area contributed by atoms with E-state index in [0.717, 1.165) is 12.8 Å². The number of primary amides is 1. The predicted octanol–water partition coefficient (Wildman–Crippen LogP) is -0.336. The van der Waals surface area contributed by atoms with Gasteiger partial charge in [0.2, 0.25) is 11.8 Å². The fourth-order valence-corrected chi connectivity index (χ4v) is 2.42. The first kappa shape index (κ1) is 24.6. The Morgan fingerprint density at radius 2 is 1.67 bits per heavy atom. The van der Waals surface area contributed by atoms with E-state index in [1.54, 1.807) is 13.8 Å². The van der Waals surface area contributed by atoms with Gasteiger partial charge in [-0.25, -0.2) is 9.59 Å². The van der Waals surface area contributed by atoms with E-state index >= 15 is 0 Å². The van der Waals surface area contributed by atoms with Gasteiger partial charge in [0.25, 0.3) is 0 Å². The second kappa shape index (κ2) is 13.8. The Kier molecular flexibility index (Phi) is 12.6. The zero-order valence-electron chi connectivity index (χ0n) is 16.1. The summed E-state index contributed by atoms with van der Waals surface area (Å²) in [7, 11) is 0. The molecule has 0 aliphatic carbocycles. The number of aliphatic carboxylic acids is 1. The van der Waals surface area contributed by atoms with Gasteiger partial charge in [-0.1, -0.05) is 20.3 Å². The Morgan fingerprint density at radius 3 is 2.19 bits per heavy atom. The maximum Gasteiger partial charge on any atom is 0.326 e. The zero-order chi connectivity index (χ0) is 20.8. The second-order valence-corrected chi connectivity index (χ2v) is 6.72. The quantitative estimate of drug-likeness (QED) is 0.222. The molecule has 0 heterocycles. The van der Waals surface area contributed by atoms with Crippen molar-refractivity contribution in [3.05, 3.63) is 0 Å². The minimum Gasteiger partial charge on any atom is -0.480 e. The topological polar surface area (TPSA) is 177 Å². The average Bonchev–Trinajstić information content (AvgIpc) is 2.58. The minimum atomic E-state index is -1.18. The number of hydrogen-bond donors (Lipinski definition) is 6. The van der Waals surface area contributed by atoms with Crippen LogP contribution in [0, 0.1) is 5.92 Å². The van der Waals surface area contributed by atoms with Crippen LogP contribution in [0.2, 0.25) is 0 Å². The summed E-state index contributed by atoms with van der Waals surface area (Å²) in [5.74, 6) is -2.18. The Balaban J connectivity index is 4.61. The van der Waals surface area contributed by atoms with E-state index in [1.807, 2.05) is 0 Å². The lowest BCUT2D eigenvalue weighted by atomic mass is 10.0. The number of nitrogens with two attached hydrogens (primary N) is 2. The number of urea groups is 1. The molecule has 0 aliphatic rings. The summed E-state index contributed by atoms with van der Waals surface area (Å²) < 4.78 is 0. The molecule has 27 heavy (non-hydrogen) atoms. The Labute approximate surface area is 159 Å². The van der Waals surface area contributed by atoms with Gasteiger partial charge in [0.15, 0.2) is 0 Å². The molecule has 2 atom stereocenters. The highest BCUT2D eigenvalue weighted by Crippen LogP contribution is 2.06. The molecular formula is C17H33N5O5. The van der Waals surface area contributed by atoms with Crippen LogP contribution in [0.3, 0.4) is 0 Å². The van der Waals surface area contributed by atoms with Crippen molar-refractivity contribution in [1.82, 2.24) is 16.0 Å². The number of carboxylic acids is 1. The van der Waals surface area contributed by atoms with Gasteiger partial charge in [-0.15, -0.1) is 0 Å². The van der Waals surface area contributed by atoms with Gasteiger partial charge in [-0.05, 0) is 38.1 Å². The Morgan fingerprint density at radius 1 is 1.00 bits per heavy atom. The molecule has 0 radical (unpaired) electrons. The Hall–Kier alpha value is -2.36. The summed E-state index contributed by atoms with van der Waals surface area (Å²) in [6.07, 6.45) is 3.10. The summed E-state index contributed by atoms with van der Waals surface area (Å²) in [4.78, 5) is 46.5. The van der Waals surface area contributed by atoms with Gasteiger partial charge in [-0.2, -0.15) is 0 Å². The number of hydrogen-bond acceptors (Lipinski definition) is 5. The summed E-state index contributed by atoms with van der Waals surface area (Å²) >= 11 is 0. The third-order valence-electron chi connectivity index (χ3n) is 3.96. The molecule has 0 aromatic heterocycles. The van der Waals surface area contributed by atoms with Gasteiger partial charge in [0.05, 0.1) is 0 Å². The van der Waals surface area contributed by atoms with Crippen LogP contribution in [-0.2, 0) is 14.4 Å². The van der Waals surface area contributed by atoms with Gasteiger partial charge in [-0.3, -0.25) is 9.59 Å². The van der Waals surface area contributed by atoms with Crippen LogP contribution < -0.4 is 27.4 Å². The highest BCUT2D eigenvalue weighted by molar-refractivity contribution is 5.90. The van der Waals surface area contributed by atoms with Crippen molar-refractivity contribution in [2.75, 3.05) is 13.1 Å². The van der Waals surface area contributed by atoms with Crippen LogP contribution in [0.15, 0.2) is 0 Å². The molecule has 4 amide bonds. The maximum atomic E-state index is 12.5. The molecule has 8 N–H and O–H groups in total. The van der Waals surface area contributed by atoms with E-state index in [0.29, 0.717) is 19.4 Å². The van der Waals surface area contributed by atoms with Crippen LogP contribution in [0.4, 0.5) is 4.79 Å². The highest BCUT2D eigenvalue weighted by atomic mass is 16.4. The van der Waals surface area contributed by atoms with Gasteiger partial charge < -0.3 is 32.5 Å². The van der Waals surface area contributed by atoms with Crippen molar-refractivity contribution in [2.24, 2.45) is 17.4 Å². The fourth-order valence-electron chi connectivity index (χ4n) is 2.42. The predicted molar refractivity (Wildman–Crippen MR) is 101 cm³/mol. The third-order valence-corrected chi connectivity index (χ3v) is 3.96. The van der Waals surface area contributed by atoms with Gasteiger partial charge >= 0.3 is 12.0 Å². The number of carboxylic acid groups (broad SMARTS) is 1. The number of nitrogens with one attached hydrogen (secondary N) is 3. The van der Waals surface area contributed by atoms with Crippen LogP contribution in [-0.4, -0.2) is 54.1 Å². The number of rotatable bonds is 14. The maximum absolute atomic E-state index is 12.5. The van der Waals surface area contributed by atoms with Crippen LogP contribution >= 0.6 is 0 Å². The second-order valence-electron chi connectivity index (χ2n) is 6.72. The molecule has 0 unspecified atom stereocenters. The third kappa shape index (κ3) is 11.8. The van der Waals surface area contributed by atoms with Crippen molar-refractivity contribution < 1.29 is 24.3 Å². The molecule has 0 bridgehead atoms. The van der Waals surface area contributed by atoms with Gasteiger partial charge in [0.1, 0.15) is 12.1 Å². The van der Waals surface area contributed by atoms with Crippen molar-refractivity contribution in [3.8, 4) is 0 Å². The summed E-state index contributed by atoms with van der Waals surface area (Å²) in [5, 5.41) is 16.8. The summed E-state index contributed by atoms with van der Waals surface area (Å²) in [5.41, 5.74) is 10.3. The molecular weight excluding hydrogens is 354 g/mol. The smallest absolute Gasteiger partial charge is 0.326 e. The summed E-state index contributed by atoms with van der Waals surface area (Å²) in [6.45, 7) is 4.32. The number of carbonyl (C=O) groups is 4. The largest absolute Gasteiger partial charge is 0.480 e. The highest BCUT2D eigenvalue weighted by Gasteiger charge is 2.28. The standard InChI is InChI=1S/C17H33N5O5/c1-11(2)14(22-13(23)8-4-3-5-9-18)15(24)21-12(16(25)26)7-6-10-20-17(19)27/h11-12,14H,3-10,18H2,1-2H3,(H,21,24)(H,22,23)(H,25,26)(H3,19,20,27)/t12-,14-/m0/s1. The van der Waals surface area contributed by atoms with E-state index in [9.17, 15) is 24.3 Å². The Bertz CT molecular complexity index is 498. The first-order chi connectivity index (χ1) is 12.7. The lowest BCUT2D eigenvalue weighted by molar-refractivity contribution is -0.142. The number of unbranched alkanes of at least 4 members (excludes halogenated alkanes) is 2. The normalized spacial score (nSPS) is 12.9. The van der Waals surface area contributed by atoms with Crippen molar-refractivity contribution in [1.29, 1.82) is 0 Å². The molecule has 0 rings (SSSR count). The first-order valence-corrected chi connectivity index (χ1v) is 9.25. The molecule has 0 fully saturated rings. The molecule has 0 spiro atoms. The van der Waals surface area contributed by atoms with E-state index in [4.69, 9.17) is 11.5 Å². The van der Waals surface area contributed by atoms with Crippen molar-refractivity contribution >= 4 is 23.8 Å². The van der Waals surface area contributed by atoms with Crippen molar-refractivity contribution in [3.63, 3.8) is 0 Å². The SMILES string of the molecule is CC(C)[C@H](NC(=O)CCCCCN)C(=O)N[C@@H](CCCNC(N)=O)C(=O)O. The summed E-state index contributed by atoms with van der Waals surface area (Å²) in [6, 6.07) is -2.63. The van der Waals surface area contributed by atoms with E-state index < -0.39 is 30.0 Å². The molecule has 10 nitrogen and oxygen atoms in total. The van der Waals surface area contributed by atoms with E-state index in [2.05, 4.69) is 16.0 Å². The lowest BCUT2D eigenvalue weighted by Crippen LogP contribution is -2.53. The average molecular weight is 387 g/mol. The monoisotopic (exact) mass is 387 g/mol. The molecule has 0 saturated heterocycles. The van der Waals surface area contributed by atoms with Crippen LogP contribution in [0.5, 0.6) is 0 Å². The fraction of sp³-hybridized carbons (Fsp3) is 0.765. The lowest BCUT2D eigenvalue weighted by Gasteiger charge is -2.24. The van der Waals surface area contributed by atoms with E-state index in [-0.39, 0.29) is 31.2 Å². The molecule has 0 aliphatic heterocycles. The zero-order valence-corrected chi connectivity index (χ0v) is 16.1. The number of amides is 4. The van der Waals surface area contributed by atoms with Crippen LogP contribution in [0.1, 0.15) is 52.4 Å². The van der Waals surface area contributed by atoms with Crippen molar-refractivity contribution in [2.45, 2.75) is 64.5 Å². The first-order valence-electron chi connectivity index (χ1n) is 9.25. The number of carbonyl (C=O) groups excluding carboxylic acids is 3. The molecule has 0 saturated carbocycles. The molecule has 0 aromatic carbocycles. The van der Waals surface area contributed by atoms with Crippen LogP contribution in [0.25, 0.3) is 0 Å². The molecule has 10 heteroatoms. The minimum absolute atomic E-state index is 0.124.